The molecule has 1 aromatic rings. The van der Waals surface area contributed by atoms with Crippen LogP contribution in [0, 0.1) is 32.8 Å². The molecule has 7 nitrogen and oxygen atoms in total. The molecule has 0 fully saturated rings. The predicted molar refractivity (Wildman–Crippen MR) is 71.0 cm³/mol. The summed E-state index contributed by atoms with van der Waals surface area (Å²) in [6.07, 6.45) is 0.418. The van der Waals surface area contributed by atoms with Crippen LogP contribution in [-0.2, 0) is 0 Å². The van der Waals surface area contributed by atoms with Crippen molar-refractivity contribution in [3.05, 3.63) is 33.9 Å². The lowest BCUT2D eigenvalue weighted by atomic mass is 10.2. The van der Waals surface area contributed by atoms with Gasteiger partial charge in [0.25, 0.3) is 0 Å². The van der Waals surface area contributed by atoms with Gasteiger partial charge >= 0.3 is 5.69 Å². The van der Waals surface area contributed by atoms with Gasteiger partial charge in [0.1, 0.15) is 0 Å². The first-order chi connectivity index (χ1) is 9.62. The maximum absolute atomic E-state index is 10.9. The Kier molecular flexibility index (Phi) is 5.95. The second kappa shape index (κ2) is 7.72. The van der Waals surface area contributed by atoms with E-state index in [4.69, 9.17) is 15.3 Å². The van der Waals surface area contributed by atoms with Crippen molar-refractivity contribution < 1.29 is 9.66 Å². The molecule has 0 spiro atoms. The summed E-state index contributed by atoms with van der Waals surface area (Å²) in [5.41, 5.74) is -0.0485. The minimum Gasteiger partial charge on any atom is -0.487 e. The number of hydrogen-bond acceptors (Lipinski definition) is 6. The topological polar surface area (TPSA) is 112 Å². The van der Waals surface area contributed by atoms with Crippen LogP contribution in [0.5, 0.6) is 5.75 Å². The number of benzene rings is 1. The van der Waals surface area contributed by atoms with Gasteiger partial charge in [-0.2, -0.15) is 10.5 Å². The average Bonchev–Trinajstić information content (AvgIpc) is 2.46. The molecule has 0 amide bonds. The Morgan fingerprint density at radius 3 is 2.80 bits per heavy atom. The third kappa shape index (κ3) is 4.23. The molecule has 0 radical (unpaired) electrons. The number of nitrogens with zero attached hydrogens (tertiary/aromatic N) is 3. The van der Waals surface area contributed by atoms with E-state index < -0.39 is 4.92 Å². The van der Waals surface area contributed by atoms with Crippen LogP contribution >= 0.6 is 0 Å². The predicted octanol–water partition coefficient (Wildman–Crippen LogP) is 1.74. The standard InChI is InChI=1S/C13H14N4O3/c1-2-16-11(9-15)5-6-20-13-4-3-10(8-14)7-12(13)17(18)19/h3-4,7,11,16H,2,5-6H2,1H3. The molecule has 0 aromatic heterocycles. The Labute approximate surface area is 116 Å². The van der Waals surface area contributed by atoms with Crippen LogP contribution in [0.2, 0.25) is 0 Å². The van der Waals surface area contributed by atoms with Crippen LogP contribution < -0.4 is 10.1 Å². The highest BCUT2D eigenvalue weighted by Gasteiger charge is 2.16. The van der Waals surface area contributed by atoms with E-state index >= 15 is 0 Å². The molecule has 104 valence electrons. The highest BCUT2D eigenvalue weighted by molar-refractivity contribution is 5.51. The van der Waals surface area contributed by atoms with Gasteiger partial charge < -0.3 is 10.1 Å². The molecule has 1 rings (SSSR count). The van der Waals surface area contributed by atoms with Gasteiger partial charge in [-0.15, -0.1) is 0 Å². The summed E-state index contributed by atoms with van der Waals surface area (Å²) in [7, 11) is 0. The van der Waals surface area contributed by atoms with Crippen molar-refractivity contribution >= 4 is 5.69 Å². The molecule has 1 unspecified atom stereocenters. The number of nitro groups is 1. The lowest BCUT2D eigenvalue weighted by molar-refractivity contribution is -0.385. The van der Waals surface area contributed by atoms with Crippen LogP contribution in [0.4, 0.5) is 5.69 Å². The van der Waals surface area contributed by atoms with Crippen molar-refractivity contribution in [2.45, 2.75) is 19.4 Å². The van der Waals surface area contributed by atoms with E-state index in [1.165, 1.54) is 18.2 Å². The lowest BCUT2D eigenvalue weighted by Gasteiger charge is -2.11. The summed E-state index contributed by atoms with van der Waals surface area (Å²) in [5, 5.41) is 31.4. The molecular weight excluding hydrogens is 260 g/mol. The molecule has 1 aromatic carbocycles. The number of ether oxygens (including phenoxy) is 1. The fourth-order valence-corrected chi connectivity index (χ4v) is 1.60. The normalized spacial score (nSPS) is 11.2. The zero-order valence-corrected chi connectivity index (χ0v) is 11.0. The minimum atomic E-state index is -0.595. The van der Waals surface area contributed by atoms with Crippen molar-refractivity contribution in [3.63, 3.8) is 0 Å². The number of hydrogen-bond donors (Lipinski definition) is 1. The van der Waals surface area contributed by atoms with Gasteiger partial charge in [-0.1, -0.05) is 6.92 Å². The summed E-state index contributed by atoms with van der Waals surface area (Å²) in [5.74, 6) is 0.0992. The van der Waals surface area contributed by atoms with Crippen LogP contribution in [0.15, 0.2) is 18.2 Å². The molecule has 0 aliphatic carbocycles. The third-order valence-corrected chi connectivity index (χ3v) is 2.56. The van der Waals surface area contributed by atoms with E-state index in [1.54, 1.807) is 0 Å². The molecule has 1 N–H and O–H groups in total. The number of nitro benzene ring substituents is 1. The van der Waals surface area contributed by atoms with Gasteiger partial charge in [0.2, 0.25) is 0 Å². The smallest absolute Gasteiger partial charge is 0.312 e. The molecule has 0 heterocycles. The third-order valence-electron chi connectivity index (χ3n) is 2.56. The van der Waals surface area contributed by atoms with Crippen LogP contribution in [0.1, 0.15) is 18.9 Å². The Hall–Kier alpha value is -2.64. The summed E-state index contributed by atoms with van der Waals surface area (Å²) in [6, 6.07) is 7.58. The van der Waals surface area contributed by atoms with Gasteiger partial charge in [-0.05, 0) is 18.7 Å². The second-order valence-corrected chi connectivity index (χ2v) is 3.93. The fraction of sp³-hybridized carbons (Fsp3) is 0.385. The van der Waals surface area contributed by atoms with E-state index in [9.17, 15) is 10.1 Å². The largest absolute Gasteiger partial charge is 0.487 e. The average molecular weight is 274 g/mol. The highest BCUT2D eigenvalue weighted by Crippen LogP contribution is 2.27. The zero-order chi connectivity index (χ0) is 15.0. The van der Waals surface area contributed by atoms with Gasteiger partial charge in [-0.25, -0.2) is 0 Å². The van der Waals surface area contributed by atoms with Crippen LogP contribution in [0.3, 0.4) is 0 Å². The zero-order valence-electron chi connectivity index (χ0n) is 11.0. The molecule has 0 saturated heterocycles. The van der Waals surface area contributed by atoms with Crippen molar-refractivity contribution in [2.75, 3.05) is 13.2 Å². The molecule has 0 aliphatic heterocycles. The Bertz CT molecular complexity index is 560. The number of rotatable bonds is 7. The van der Waals surface area contributed by atoms with Crippen molar-refractivity contribution in [1.29, 1.82) is 10.5 Å². The maximum Gasteiger partial charge on any atom is 0.312 e. The van der Waals surface area contributed by atoms with E-state index in [0.717, 1.165) is 0 Å². The lowest BCUT2D eigenvalue weighted by Crippen LogP contribution is -2.28. The van der Waals surface area contributed by atoms with Gasteiger partial charge in [0.15, 0.2) is 5.75 Å². The summed E-state index contributed by atoms with van der Waals surface area (Å²) >= 11 is 0. The van der Waals surface area contributed by atoms with Crippen molar-refractivity contribution in [2.24, 2.45) is 0 Å². The SMILES string of the molecule is CCNC(C#N)CCOc1ccc(C#N)cc1[N+](=O)[O-]. The van der Waals surface area contributed by atoms with Gasteiger partial charge in [0.05, 0.1) is 35.3 Å². The Balaban J connectivity index is 2.71. The molecule has 0 bridgehead atoms. The highest BCUT2D eigenvalue weighted by atomic mass is 16.6. The summed E-state index contributed by atoms with van der Waals surface area (Å²) < 4.78 is 5.33. The Morgan fingerprint density at radius 1 is 1.50 bits per heavy atom. The quantitative estimate of drug-likeness (QED) is 0.598. The number of nitrogens with one attached hydrogen (secondary N) is 1. The van der Waals surface area contributed by atoms with Crippen LogP contribution in [0.25, 0.3) is 0 Å². The van der Waals surface area contributed by atoms with Gasteiger partial charge in [0, 0.05) is 12.5 Å². The molecule has 7 heteroatoms. The molecule has 0 saturated carbocycles. The second-order valence-electron chi connectivity index (χ2n) is 3.93. The monoisotopic (exact) mass is 274 g/mol. The first-order valence-corrected chi connectivity index (χ1v) is 6.06. The molecule has 1 atom stereocenters. The Morgan fingerprint density at radius 2 is 2.25 bits per heavy atom. The van der Waals surface area contributed by atoms with Crippen molar-refractivity contribution in [1.82, 2.24) is 5.32 Å². The summed E-state index contributed by atoms with van der Waals surface area (Å²) in [6.45, 7) is 2.73. The van der Waals surface area contributed by atoms with Crippen LogP contribution in [-0.4, -0.2) is 24.1 Å². The van der Waals surface area contributed by atoms with E-state index in [2.05, 4.69) is 11.4 Å². The number of nitriles is 2. The van der Waals surface area contributed by atoms with Crippen molar-refractivity contribution in [3.8, 4) is 17.9 Å². The van der Waals surface area contributed by atoms with E-state index in [-0.39, 0.29) is 29.6 Å². The summed E-state index contributed by atoms with van der Waals surface area (Å²) in [4.78, 5) is 10.3. The molecule has 20 heavy (non-hydrogen) atoms. The van der Waals surface area contributed by atoms with Gasteiger partial charge in [-0.3, -0.25) is 10.1 Å². The van der Waals surface area contributed by atoms with E-state index in [1.807, 2.05) is 13.0 Å². The molecule has 0 aliphatic rings. The van der Waals surface area contributed by atoms with E-state index in [0.29, 0.717) is 13.0 Å². The fourth-order valence-electron chi connectivity index (χ4n) is 1.60. The minimum absolute atomic E-state index is 0.0992. The first-order valence-electron chi connectivity index (χ1n) is 6.06. The maximum atomic E-state index is 10.9. The molecular formula is C13H14N4O3. The first kappa shape index (κ1) is 15.4.